The smallest absolute Gasteiger partial charge is 0.342 e. The summed E-state index contributed by atoms with van der Waals surface area (Å²) >= 11 is 1.59. The van der Waals surface area contributed by atoms with Gasteiger partial charge in [-0.3, -0.25) is 0 Å². The molecule has 22 heavy (non-hydrogen) atoms. The molecule has 0 aromatic rings. The predicted molar refractivity (Wildman–Crippen MR) is 87.7 cm³/mol. The van der Waals surface area contributed by atoms with Crippen molar-refractivity contribution in [1.29, 1.82) is 0 Å². The third-order valence-corrected chi connectivity index (χ3v) is 4.69. The number of carbonyl (C=O) groups is 1. The fourth-order valence-electron chi connectivity index (χ4n) is 2.39. The Morgan fingerprint density at radius 3 is 2.68 bits per heavy atom. The maximum Gasteiger partial charge on any atom is 0.342 e. The standard InChI is InChI=1S/C15H23N3O3S/c1-10-12(11(7-20-5)13(19)21-6)22-14-17(8-15(2,3)4)9-16-18(10)14/h7,9,14H,8H2,1-6H3/b11-7+. The van der Waals surface area contributed by atoms with Gasteiger partial charge in [-0.05, 0) is 12.3 Å². The maximum absolute atomic E-state index is 12.0. The van der Waals surface area contributed by atoms with Crippen molar-refractivity contribution in [2.45, 2.75) is 33.2 Å². The van der Waals surface area contributed by atoms with Gasteiger partial charge >= 0.3 is 5.97 Å². The predicted octanol–water partition coefficient (Wildman–Crippen LogP) is 2.56. The summed E-state index contributed by atoms with van der Waals surface area (Å²) < 4.78 is 9.89. The second-order valence-corrected chi connectivity index (χ2v) is 7.49. The summed E-state index contributed by atoms with van der Waals surface area (Å²) in [7, 11) is 2.89. The van der Waals surface area contributed by atoms with E-state index >= 15 is 0 Å². The Bertz CT molecular complexity index is 549. The first-order chi connectivity index (χ1) is 10.3. The van der Waals surface area contributed by atoms with E-state index in [-0.39, 0.29) is 10.9 Å². The molecule has 2 heterocycles. The van der Waals surface area contributed by atoms with Crippen LogP contribution in [0.15, 0.2) is 27.5 Å². The zero-order valence-electron chi connectivity index (χ0n) is 13.9. The highest BCUT2D eigenvalue weighted by molar-refractivity contribution is 8.04. The lowest BCUT2D eigenvalue weighted by Crippen LogP contribution is -2.38. The van der Waals surface area contributed by atoms with Crippen LogP contribution in [0.5, 0.6) is 0 Å². The Morgan fingerprint density at radius 1 is 1.45 bits per heavy atom. The molecule has 0 N–H and O–H groups in total. The molecule has 1 atom stereocenters. The molecule has 122 valence electrons. The average Bonchev–Trinajstić information content (AvgIpc) is 2.96. The molecule has 0 aromatic carbocycles. The number of carbonyl (C=O) groups excluding carboxylic acids is 1. The number of fused-ring (bicyclic) bond motifs is 1. The van der Waals surface area contributed by atoms with Crippen LogP contribution in [0.4, 0.5) is 0 Å². The van der Waals surface area contributed by atoms with Crippen molar-refractivity contribution in [3.8, 4) is 0 Å². The summed E-state index contributed by atoms with van der Waals surface area (Å²) in [6.07, 6.45) is 3.29. The van der Waals surface area contributed by atoms with Gasteiger partial charge in [-0.1, -0.05) is 32.5 Å². The molecule has 2 aliphatic rings. The van der Waals surface area contributed by atoms with Crippen LogP contribution >= 0.6 is 11.8 Å². The third-order valence-electron chi connectivity index (χ3n) is 3.26. The van der Waals surface area contributed by atoms with Crippen LogP contribution in [0.25, 0.3) is 0 Å². The molecule has 0 aromatic heterocycles. The van der Waals surface area contributed by atoms with E-state index in [1.54, 1.807) is 11.8 Å². The molecular formula is C15H23N3O3S. The summed E-state index contributed by atoms with van der Waals surface area (Å²) in [6, 6.07) is 0. The Hall–Kier alpha value is -1.63. The van der Waals surface area contributed by atoms with Crippen molar-refractivity contribution in [2.24, 2.45) is 10.5 Å². The quantitative estimate of drug-likeness (QED) is 0.450. The number of hydrogen-bond donors (Lipinski definition) is 0. The summed E-state index contributed by atoms with van der Waals surface area (Å²) in [6.45, 7) is 9.40. The fraction of sp³-hybridized carbons (Fsp3) is 0.600. The van der Waals surface area contributed by atoms with Crippen LogP contribution in [0.1, 0.15) is 27.7 Å². The van der Waals surface area contributed by atoms with Gasteiger partial charge in [0.15, 0.2) is 5.50 Å². The van der Waals surface area contributed by atoms with Crippen LogP contribution < -0.4 is 0 Å². The Kier molecular flexibility index (Phi) is 4.75. The SMILES string of the molecule is CO/C=C(/C(=O)OC)C1=C(C)N2N=CN(CC(C)(C)C)C2S1. The zero-order valence-corrected chi connectivity index (χ0v) is 14.7. The van der Waals surface area contributed by atoms with Gasteiger partial charge in [-0.15, -0.1) is 0 Å². The molecule has 0 radical (unpaired) electrons. The first kappa shape index (κ1) is 16.7. The number of hydrazone groups is 1. The topological polar surface area (TPSA) is 54.4 Å². The minimum absolute atomic E-state index is 0.0409. The monoisotopic (exact) mass is 325 g/mol. The summed E-state index contributed by atoms with van der Waals surface area (Å²) in [4.78, 5) is 15.0. The van der Waals surface area contributed by atoms with Gasteiger partial charge in [0.2, 0.25) is 0 Å². The third kappa shape index (κ3) is 3.24. The van der Waals surface area contributed by atoms with E-state index < -0.39 is 5.97 Å². The molecule has 0 spiro atoms. The fourth-order valence-corrected chi connectivity index (χ4v) is 3.70. The van der Waals surface area contributed by atoms with Crippen LogP contribution in [0.2, 0.25) is 0 Å². The number of thioether (sulfide) groups is 1. The molecule has 0 bridgehead atoms. The van der Waals surface area contributed by atoms with Gasteiger partial charge in [-0.25, -0.2) is 9.80 Å². The molecule has 0 saturated heterocycles. The van der Waals surface area contributed by atoms with E-state index in [0.29, 0.717) is 5.57 Å². The van der Waals surface area contributed by atoms with Gasteiger partial charge in [0.1, 0.15) is 11.9 Å². The normalized spacial score (nSPS) is 21.5. The summed E-state index contributed by atoms with van der Waals surface area (Å²) in [5.41, 5.74) is 1.55. The number of ether oxygens (including phenoxy) is 2. The molecule has 6 nitrogen and oxygen atoms in total. The van der Waals surface area contributed by atoms with E-state index in [1.807, 2.05) is 18.3 Å². The highest BCUT2D eigenvalue weighted by Crippen LogP contribution is 2.45. The lowest BCUT2D eigenvalue weighted by molar-refractivity contribution is -0.135. The highest BCUT2D eigenvalue weighted by atomic mass is 32.2. The van der Waals surface area contributed by atoms with Crippen LogP contribution in [-0.2, 0) is 14.3 Å². The molecular weight excluding hydrogens is 302 g/mol. The van der Waals surface area contributed by atoms with Gasteiger partial charge in [0.25, 0.3) is 0 Å². The van der Waals surface area contributed by atoms with Gasteiger partial charge in [-0.2, -0.15) is 5.10 Å². The zero-order chi connectivity index (χ0) is 16.5. The number of hydrogen-bond acceptors (Lipinski definition) is 7. The molecule has 1 unspecified atom stereocenters. The van der Waals surface area contributed by atoms with E-state index in [1.165, 1.54) is 20.5 Å². The van der Waals surface area contributed by atoms with Crippen molar-refractivity contribution in [3.63, 3.8) is 0 Å². The molecule has 0 amide bonds. The summed E-state index contributed by atoms with van der Waals surface area (Å²) in [5, 5.41) is 6.39. The van der Waals surface area contributed by atoms with Gasteiger partial charge < -0.3 is 14.4 Å². The second-order valence-electron chi connectivity index (χ2n) is 6.43. The van der Waals surface area contributed by atoms with Crippen molar-refractivity contribution >= 4 is 24.1 Å². The maximum atomic E-state index is 12.0. The minimum atomic E-state index is -0.406. The minimum Gasteiger partial charge on any atom is -0.503 e. The first-order valence-electron chi connectivity index (χ1n) is 7.07. The lowest BCUT2D eigenvalue weighted by atomic mass is 9.96. The highest BCUT2D eigenvalue weighted by Gasteiger charge is 2.41. The number of esters is 1. The largest absolute Gasteiger partial charge is 0.503 e. The molecule has 2 aliphatic heterocycles. The average molecular weight is 325 g/mol. The van der Waals surface area contributed by atoms with E-state index in [4.69, 9.17) is 9.47 Å². The summed E-state index contributed by atoms with van der Waals surface area (Å²) in [5.74, 6) is -0.406. The van der Waals surface area contributed by atoms with Crippen molar-refractivity contribution in [1.82, 2.24) is 9.91 Å². The molecule has 0 fully saturated rings. The first-order valence-corrected chi connectivity index (χ1v) is 7.94. The lowest BCUT2D eigenvalue weighted by Gasteiger charge is -2.30. The van der Waals surface area contributed by atoms with Gasteiger partial charge in [0.05, 0.1) is 26.2 Å². The number of nitrogens with zero attached hydrogens (tertiary/aromatic N) is 3. The van der Waals surface area contributed by atoms with Crippen LogP contribution in [0.3, 0.4) is 0 Å². The van der Waals surface area contributed by atoms with E-state index in [2.05, 4.69) is 30.8 Å². The Labute approximate surface area is 135 Å². The number of rotatable bonds is 4. The molecule has 7 heteroatoms. The van der Waals surface area contributed by atoms with Crippen molar-refractivity contribution in [3.05, 3.63) is 22.4 Å². The molecule has 0 aliphatic carbocycles. The Morgan fingerprint density at radius 2 is 2.14 bits per heavy atom. The van der Waals surface area contributed by atoms with E-state index in [9.17, 15) is 4.79 Å². The van der Waals surface area contributed by atoms with Gasteiger partial charge in [0, 0.05) is 11.4 Å². The number of methoxy groups -OCH3 is 2. The second kappa shape index (κ2) is 6.24. The molecule has 0 saturated carbocycles. The number of allylic oxidation sites excluding steroid dienone is 1. The molecule has 2 rings (SSSR count). The van der Waals surface area contributed by atoms with E-state index in [0.717, 1.165) is 17.1 Å². The van der Waals surface area contributed by atoms with Crippen LogP contribution in [0, 0.1) is 5.41 Å². The van der Waals surface area contributed by atoms with Crippen molar-refractivity contribution in [2.75, 3.05) is 20.8 Å². The van der Waals surface area contributed by atoms with Crippen LogP contribution in [-0.4, -0.2) is 48.5 Å². The van der Waals surface area contributed by atoms with Crippen molar-refractivity contribution < 1.29 is 14.3 Å². The Balaban J connectivity index is 2.24.